The Balaban J connectivity index is 1.61. The molecule has 1 unspecified atom stereocenters. The predicted molar refractivity (Wildman–Crippen MR) is 110 cm³/mol. The van der Waals surface area contributed by atoms with E-state index in [2.05, 4.69) is 9.88 Å². The first-order valence-corrected chi connectivity index (χ1v) is 9.51. The fourth-order valence-corrected chi connectivity index (χ4v) is 3.88. The molecule has 0 fully saturated rings. The summed E-state index contributed by atoms with van der Waals surface area (Å²) < 4.78 is 14.1. The third kappa shape index (κ3) is 3.77. The van der Waals surface area contributed by atoms with Gasteiger partial charge in [-0.25, -0.2) is 9.37 Å². The predicted octanol–water partition coefficient (Wildman–Crippen LogP) is 3.66. The van der Waals surface area contributed by atoms with Crippen molar-refractivity contribution in [3.05, 3.63) is 88.4 Å². The number of halogens is 1. The highest BCUT2D eigenvalue weighted by Gasteiger charge is 2.25. The number of carbonyl (C=O) groups excluding carboxylic acids is 1. The van der Waals surface area contributed by atoms with E-state index in [0.29, 0.717) is 6.42 Å². The number of pyridine rings is 1. The summed E-state index contributed by atoms with van der Waals surface area (Å²) in [5.41, 5.74) is 10.4. The molecule has 0 saturated heterocycles. The van der Waals surface area contributed by atoms with Crippen molar-refractivity contribution in [2.75, 3.05) is 11.4 Å². The van der Waals surface area contributed by atoms with Crippen molar-refractivity contribution in [2.45, 2.75) is 26.0 Å². The van der Waals surface area contributed by atoms with E-state index < -0.39 is 12.0 Å². The molecule has 2 aromatic carbocycles. The van der Waals surface area contributed by atoms with E-state index in [0.717, 1.165) is 46.7 Å². The van der Waals surface area contributed by atoms with Gasteiger partial charge in [0, 0.05) is 24.0 Å². The molecule has 0 radical (unpaired) electrons. The molecule has 0 bridgehead atoms. The number of anilines is 2. The van der Waals surface area contributed by atoms with Crippen molar-refractivity contribution < 1.29 is 14.3 Å². The molecule has 5 nitrogen and oxygen atoms in total. The Bertz CT molecular complexity index is 1080. The number of ketones is 1. The minimum absolute atomic E-state index is 0.107. The number of hydrogen-bond acceptors (Lipinski definition) is 5. The van der Waals surface area contributed by atoms with Gasteiger partial charge in [-0.15, -0.1) is 0 Å². The van der Waals surface area contributed by atoms with Gasteiger partial charge in [0.1, 0.15) is 17.9 Å². The lowest BCUT2D eigenvalue weighted by Gasteiger charge is -2.20. The lowest BCUT2D eigenvalue weighted by Crippen LogP contribution is -2.15. The Kier molecular flexibility index (Phi) is 5.13. The van der Waals surface area contributed by atoms with Gasteiger partial charge < -0.3 is 15.7 Å². The van der Waals surface area contributed by atoms with Crippen molar-refractivity contribution in [1.82, 2.24) is 4.98 Å². The Morgan fingerprint density at radius 1 is 1.24 bits per heavy atom. The molecule has 3 aromatic rings. The summed E-state index contributed by atoms with van der Waals surface area (Å²) in [5.74, 6) is 0.0197. The molecule has 0 spiro atoms. The molecule has 1 aliphatic rings. The van der Waals surface area contributed by atoms with Crippen molar-refractivity contribution in [1.29, 1.82) is 0 Å². The number of rotatable bonds is 5. The van der Waals surface area contributed by atoms with Crippen LogP contribution in [-0.2, 0) is 12.8 Å². The van der Waals surface area contributed by atoms with Gasteiger partial charge in [0.25, 0.3) is 0 Å². The SMILES string of the molecule is CC(=O)c1ccc(Cc2ccnc(N3CCc4c(C(N)O)cccc43)c2)cc1F. The number of Topliss-reactive ketones (excluding diaryl/α,β-unsaturated/α-hetero) is 1. The molecule has 0 amide bonds. The van der Waals surface area contributed by atoms with E-state index >= 15 is 0 Å². The number of aliphatic hydroxyl groups is 1. The molecule has 2 heterocycles. The number of nitrogens with two attached hydrogens (primary N) is 1. The first-order valence-electron chi connectivity index (χ1n) is 9.51. The van der Waals surface area contributed by atoms with Crippen LogP contribution in [-0.4, -0.2) is 22.4 Å². The summed E-state index contributed by atoms with van der Waals surface area (Å²) in [4.78, 5) is 18.0. The molecule has 1 aliphatic heterocycles. The number of aromatic nitrogens is 1. The summed E-state index contributed by atoms with van der Waals surface area (Å²) in [5, 5.41) is 9.82. The Morgan fingerprint density at radius 2 is 2.03 bits per heavy atom. The number of benzene rings is 2. The molecular weight excluding hydrogens is 369 g/mol. The summed E-state index contributed by atoms with van der Waals surface area (Å²) >= 11 is 0. The Morgan fingerprint density at radius 3 is 2.76 bits per heavy atom. The largest absolute Gasteiger partial charge is 0.375 e. The van der Waals surface area contributed by atoms with Crippen molar-refractivity contribution >= 4 is 17.3 Å². The molecular formula is C23H22FN3O2. The van der Waals surface area contributed by atoms with Crippen LogP contribution in [0.1, 0.15) is 45.8 Å². The van der Waals surface area contributed by atoms with Gasteiger partial charge in [-0.2, -0.15) is 0 Å². The maximum atomic E-state index is 14.1. The van der Waals surface area contributed by atoms with E-state index in [-0.39, 0.29) is 11.3 Å². The van der Waals surface area contributed by atoms with Crippen LogP contribution >= 0.6 is 0 Å². The Labute approximate surface area is 168 Å². The minimum Gasteiger partial charge on any atom is -0.375 e. The molecule has 1 atom stereocenters. The zero-order chi connectivity index (χ0) is 20.5. The summed E-state index contributed by atoms with van der Waals surface area (Å²) in [6.07, 6.45) is 2.05. The van der Waals surface area contributed by atoms with Crippen LogP contribution in [0.25, 0.3) is 0 Å². The second-order valence-corrected chi connectivity index (χ2v) is 7.26. The van der Waals surface area contributed by atoms with Crippen LogP contribution in [0.4, 0.5) is 15.9 Å². The van der Waals surface area contributed by atoms with Crippen LogP contribution in [0.15, 0.2) is 54.7 Å². The van der Waals surface area contributed by atoms with Crippen LogP contribution < -0.4 is 10.6 Å². The number of fused-ring (bicyclic) bond motifs is 1. The number of nitrogens with zero attached hydrogens (tertiary/aromatic N) is 2. The van der Waals surface area contributed by atoms with Crippen LogP contribution in [0.2, 0.25) is 0 Å². The molecule has 29 heavy (non-hydrogen) atoms. The standard InChI is InChI=1S/C23H22FN3O2/c1-14(28)17-6-5-15(12-20(17)24)11-16-7-9-26-22(13-16)27-10-8-18-19(23(25)29)3-2-4-21(18)27/h2-7,9,12-13,23,29H,8,10-11,25H2,1H3. The number of carbonyl (C=O) groups is 1. The monoisotopic (exact) mass is 391 g/mol. The third-order valence-corrected chi connectivity index (χ3v) is 5.29. The number of aliphatic hydroxyl groups excluding tert-OH is 1. The smallest absolute Gasteiger partial charge is 0.162 e. The third-order valence-electron chi connectivity index (χ3n) is 5.29. The first kappa shape index (κ1) is 19.2. The molecule has 0 aliphatic carbocycles. The summed E-state index contributed by atoms with van der Waals surface area (Å²) in [6.45, 7) is 2.10. The second-order valence-electron chi connectivity index (χ2n) is 7.26. The average molecular weight is 391 g/mol. The molecule has 4 rings (SSSR count). The van der Waals surface area contributed by atoms with Gasteiger partial charge in [0.2, 0.25) is 0 Å². The van der Waals surface area contributed by atoms with E-state index in [1.807, 2.05) is 30.3 Å². The summed E-state index contributed by atoms with van der Waals surface area (Å²) in [6, 6.07) is 14.3. The van der Waals surface area contributed by atoms with Gasteiger partial charge in [0.05, 0.1) is 5.56 Å². The first-order chi connectivity index (χ1) is 13.9. The molecule has 148 valence electrons. The highest BCUT2D eigenvalue weighted by atomic mass is 19.1. The highest BCUT2D eigenvalue weighted by molar-refractivity contribution is 5.94. The van der Waals surface area contributed by atoms with Gasteiger partial charge in [0.15, 0.2) is 5.78 Å². The maximum Gasteiger partial charge on any atom is 0.162 e. The molecule has 1 aromatic heterocycles. The summed E-state index contributed by atoms with van der Waals surface area (Å²) in [7, 11) is 0. The van der Waals surface area contributed by atoms with Crippen molar-refractivity contribution in [3.8, 4) is 0 Å². The normalized spacial score (nSPS) is 14.0. The fourth-order valence-electron chi connectivity index (χ4n) is 3.88. The maximum absolute atomic E-state index is 14.1. The highest BCUT2D eigenvalue weighted by Crippen LogP contribution is 2.37. The topological polar surface area (TPSA) is 79.5 Å². The van der Waals surface area contributed by atoms with Crippen LogP contribution in [0, 0.1) is 5.82 Å². The lowest BCUT2D eigenvalue weighted by atomic mass is 10.0. The van der Waals surface area contributed by atoms with E-state index in [1.165, 1.54) is 19.1 Å². The number of hydrogen-bond donors (Lipinski definition) is 2. The zero-order valence-corrected chi connectivity index (χ0v) is 16.1. The van der Waals surface area contributed by atoms with Crippen molar-refractivity contribution in [2.24, 2.45) is 5.73 Å². The van der Waals surface area contributed by atoms with Crippen LogP contribution in [0.5, 0.6) is 0 Å². The molecule has 0 saturated carbocycles. The van der Waals surface area contributed by atoms with E-state index in [1.54, 1.807) is 12.3 Å². The lowest BCUT2D eigenvalue weighted by molar-refractivity contribution is 0.101. The Hall–Kier alpha value is -3.09. The molecule has 3 N–H and O–H groups in total. The quantitative estimate of drug-likeness (QED) is 0.513. The van der Waals surface area contributed by atoms with Gasteiger partial charge in [-0.3, -0.25) is 4.79 Å². The minimum atomic E-state index is -1.00. The van der Waals surface area contributed by atoms with Gasteiger partial charge >= 0.3 is 0 Å². The fraction of sp³-hybridized carbons (Fsp3) is 0.217. The average Bonchev–Trinajstić information content (AvgIpc) is 3.12. The second kappa shape index (κ2) is 7.73. The van der Waals surface area contributed by atoms with Crippen LogP contribution in [0.3, 0.4) is 0 Å². The van der Waals surface area contributed by atoms with E-state index in [9.17, 15) is 14.3 Å². The van der Waals surface area contributed by atoms with Gasteiger partial charge in [-0.05, 0) is 66.8 Å². The van der Waals surface area contributed by atoms with Gasteiger partial charge in [-0.1, -0.05) is 18.2 Å². The van der Waals surface area contributed by atoms with E-state index in [4.69, 9.17) is 5.73 Å². The van der Waals surface area contributed by atoms with Crippen molar-refractivity contribution in [3.63, 3.8) is 0 Å². The zero-order valence-electron chi connectivity index (χ0n) is 16.1. The molecule has 6 heteroatoms.